The molecule has 0 radical (unpaired) electrons. The minimum atomic E-state index is -4.00. The summed E-state index contributed by atoms with van der Waals surface area (Å²) in [6.45, 7) is 0.926. The summed E-state index contributed by atoms with van der Waals surface area (Å²) in [6, 6.07) is 15.4. The summed E-state index contributed by atoms with van der Waals surface area (Å²) in [5, 5.41) is 16.8. The highest BCUT2D eigenvalue weighted by molar-refractivity contribution is 7.89. The molecule has 2 atom stereocenters. The molecule has 0 amide bonds. The summed E-state index contributed by atoms with van der Waals surface area (Å²) in [5.41, 5.74) is 1.49. The Morgan fingerprint density at radius 2 is 1.77 bits per heavy atom. The maximum atomic E-state index is 11.6. The van der Waals surface area contributed by atoms with E-state index in [0.29, 0.717) is 17.8 Å². The Morgan fingerprint density at radius 3 is 2.33 bits per heavy atom. The lowest BCUT2D eigenvalue weighted by atomic mass is 9.95. The maximum Gasteiger partial charge on any atom is 0.293 e. The zero-order valence-electron chi connectivity index (χ0n) is 16.8. The second kappa shape index (κ2) is 7.98. The van der Waals surface area contributed by atoms with Crippen molar-refractivity contribution in [3.63, 3.8) is 0 Å². The number of anilines is 1. The van der Waals surface area contributed by atoms with E-state index in [2.05, 4.69) is 29.2 Å². The lowest BCUT2D eigenvalue weighted by Crippen LogP contribution is -2.49. The molecular weight excluding hydrogens is 404 g/mol. The Kier molecular flexibility index (Phi) is 5.52. The van der Waals surface area contributed by atoms with Crippen LogP contribution in [-0.2, 0) is 16.6 Å². The third-order valence-corrected chi connectivity index (χ3v) is 7.38. The van der Waals surface area contributed by atoms with Crippen LogP contribution in [0.3, 0.4) is 0 Å². The van der Waals surface area contributed by atoms with E-state index < -0.39 is 14.9 Å². The Bertz CT molecular complexity index is 1030. The fraction of sp³-hybridized carbons (Fsp3) is 0.429. The van der Waals surface area contributed by atoms with Crippen molar-refractivity contribution in [3.8, 4) is 0 Å². The highest BCUT2D eigenvalue weighted by Crippen LogP contribution is 2.41. The van der Waals surface area contributed by atoms with Crippen LogP contribution in [0.25, 0.3) is 0 Å². The number of hydrogen-bond donors (Lipinski definition) is 1. The molecule has 0 aliphatic carbocycles. The van der Waals surface area contributed by atoms with Gasteiger partial charge < -0.3 is 4.90 Å². The largest absolute Gasteiger partial charge is 0.366 e. The topological polar surface area (TPSA) is 110 Å². The number of nitrogens with zero attached hydrogens (tertiary/aromatic N) is 3. The van der Waals surface area contributed by atoms with Crippen molar-refractivity contribution in [1.82, 2.24) is 4.90 Å². The van der Waals surface area contributed by atoms with Gasteiger partial charge in [0.2, 0.25) is 10.0 Å². The van der Waals surface area contributed by atoms with Crippen molar-refractivity contribution < 1.29 is 13.3 Å². The van der Waals surface area contributed by atoms with Crippen LogP contribution in [0.1, 0.15) is 31.2 Å². The highest BCUT2D eigenvalue weighted by atomic mass is 32.2. The van der Waals surface area contributed by atoms with Gasteiger partial charge in [0.1, 0.15) is 5.69 Å². The van der Waals surface area contributed by atoms with Crippen LogP contribution in [0.4, 0.5) is 11.4 Å². The van der Waals surface area contributed by atoms with Gasteiger partial charge >= 0.3 is 0 Å². The molecule has 8 nitrogen and oxygen atoms in total. The van der Waals surface area contributed by atoms with Crippen molar-refractivity contribution in [2.45, 2.75) is 55.2 Å². The number of rotatable bonds is 6. The number of nitrogens with two attached hydrogens (primary N) is 1. The summed E-state index contributed by atoms with van der Waals surface area (Å²) >= 11 is 0. The monoisotopic (exact) mass is 430 g/mol. The van der Waals surface area contributed by atoms with Gasteiger partial charge in [0.25, 0.3) is 5.69 Å². The lowest BCUT2D eigenvalue weighted by Gasteiger charge is -2.42. The molecule has 4 rings (SSSR count). The van der Waals surface area contributed by atoms with Crippen LogP contribution in [0.5, 0.6) is 0 Å². The summed E-state index contributed by atoms with van der Waals surface area (Å²) in [6.07, 6.45) is 4.12. The molecule has 2 heterocycles. The van der Waals surface area contributed by atoms with E-state index in [0.717, 1.165) is 38.3 Å². The molecule has 2 aromatic rings. The average Bonchev–Trinajstić information content (AvgIpc) is 2.94. The molecule has 30 heavy (non-hydrogen) atoms. The van der Waals surface area contributed by atoms with Crippen molar-refractivity contribution in [1.29, 1.82) is 0 Å². The van der Waals surface area contributed by atoms with Gasteiger partial charge in [-0.15, -0.1) is 0 Å². The quantitative estimate of drug-likeness (QED) is 0.557. The molecule has 0 saturated carbocycles. The molecule has 2 fully saturated rings. The minimum absolute atomic E-state index is 0.161. The zero-order chi connectivity index (χ0) is 21.5. The highest BCUT2D eigenvalue weighted by Gasteiger charge is 2.42. The summed E-state index contributed by atoms with van der Waals surface area (Å²) in [4.78, 5) is 15.3. The number of sulfonamides is 1. The Morgan fingerprint density at radius 1 is 1.13 bits per heavy atom. The van der Waals surface area contributed by atoms with E-state index in [1.165, 1.54) is 17.7 Å². The standard InChI is InChI=1S/C21H26N4O4S/c1-23(20-10-9-19(30(22,28)29)13-21(20)25(26)27)18-11-16-7-8-17(12-18)24(16)14-15-5-3-2-4-6-15/h2-6,9-10,13,16-18H,7-8,11-12,14H2,1H3,(H2,22,28,29). The van der Waals surface area contributed by atoms with E-state index in [-0.39, 0.29) is 16.6 Å². The number of piperidine rings is 1. The van der Waals surface area contributed by atoms with Gasteiger partial charge in [-0.1, -0.05) is 30.3 Å². The number of benzene rings is 2. The second-order valence-electron chi connectivity index (χ2n) is 8.23. The molecule has 9 heteroatoms. The molecule has 2 aliphatic heterocycles. The van der Waals surface area contributed by atoms with E-state index >= 15 is 0 Å². The van der Waals surface area contributed by atoms with Gasteiger partial charge in [0.05, 0.1) is 9.82 Å². The first-order valence-corrected chi connectivity index (χ1v) is 11.6. The van der Waals surface area contributed by atoms with Crippen LogP contribution < -0.4 is 10.0 Å². The molecule has 2 N–H and O–H groups in total. The van der Waals surface area contributed by atoms with E-state index in [1.54, 1.807) is 0 Å². The third kappa shape index (κ3) is 4.05. The van der Waals surface area contributed by atoms with E-state index in [9.17, 15) is 18.5 Å². The lowest BCUT2D eigenvalue weighted by molar-refractivity contribution is -0.384. The van der Waals surface area contributed by atoms with Crippen LogP contribution in [-0.4, -0.2) is 43.4 Å². The van der Waals surface area contributed by atoms with Gasteiger partial charge in [0, 0.05) is 37.8 Å². The fourth-order valence-electron chi connectivity index (χ4n) is 4.94. The second-order valence-corrected chi connectivity index (χ2v) is 9.79. The SMILES string of the molecule is CN(c1ccc(S(N)(=O)=O)cc1[N+](=O)[O-])C1CC2CCC(C1)N2Cc1ccccc1. The van der Waals surface area contributed by atoms with Gasteiger partial charge in [-0.3, -0.25) is 15.0 Å². The third-order valence-electron chi connectivity index (χ3n) is 6.47. The van der Waals surface area contributed by atoms with Crippen LogP contribution in [0, 0.1) is 10.1 Å². The first-order chi connectivity index (χ1) is 14.2. The first kappa shape index (κ1) is 20.8. The molecule has 2 bridgehead atoms. The predicted molar refractivity (Wildman–Crippen MR) is 115 cm³/mol. The molecule has 2 saturated heterocycles. The summed E-state index contributed by atoms with van der Waals surface area (Å²) < 4.78 is 23.2. The van der Waals surface area contributed by atoms with Crippen molar-refractivity contribution in [2.24, 2.45) is 5.14 Å². The number of fused-ring (bicyclic) bond motifs is 2. The molecule has 2 aliphatic rings. The van der Waals surface area contributed by atoms with Gasteiger partial charge in [-0.25, -0.2) is 13.6 Å². The normalized spacial score (nSPS) is 24.0. The molecule has 2 unspecified atom stereocenters. The Hall–Kier alpha value is -2.49. The fourth-order valence-corrected chi connectivity index (χ4v) is 5.47. The number of hydrogen-bond acceptors (Lipinski definition) is 6. The molecule has 2 aromatic carbocycles. The predicted octanol–water partition coefficient (Wildman–Crippen LogP) is 2.87. The molecule has 0 spiro atoms. The van der Waals surface area contributed by atoms with Crippen LogP contribution >= 0.6 is 0 Å². The smallest absolute Gasteiger partial charge is 0.293 e. The summed E-state index contributed by atoms with van der Waals surface area (Å²) in [7, 11) is -2.14. The molecular formula is C21H26N4O4S. The number of nitro benzene ring substituents is 1. The average molecular weight is 431 g/mol. The summed E-state index contributed by atoms with van der Waals surface area (Å²) in [5.74, 6) is 0. The Labute approximate surface area is 176 Å². The van der Waals surface area contributed by atoms with Crippen molar-refractivity contribution in [3.05, 3.63) is 64.2 Å². The van der Waals surface area contributed by atoms with Crippen LogP contribution in [0.15, 0.2) is 53.4 Å². The van der Waals surface area contributed by atoms with E-state index in [1.807, 2.05) is 18.0 Å². The molecule has 0 aromatic heterocycles. The first-order valence-electron chi connectivity index (χ1n) is 10.1. The van der Waals surface area contributed by atoms with Gasteiger partial charge in [-0.2, -0.15) is 0 Å². The van der Waals surface area contributed by atoms with Gasteiger partial charge in [0.15, 0.2) is 0 Å². The maximum absolute atomic E-state index is 11.6. The number of primary sulfonamides is 1. The van der Waals surface area contributed by atoms with Gasteiger partial charge in [-0.05, 0) is 43.4 Å². The Balaban J connectivity index is 1.54. The van der Waals surface area contributed by atoms with Crippen molar-refractivity contribution >= 4 is 21.4 Å². The van der Waals surface area contributed by atoms with Crippen molar-refractivity contribution in [2.75, 3.05) is 11.9 Å². The zero-order valence-corrected chi connectivity index (χ0v) is 17.7. The van der Waals surface area contributed by atoms with E-state index in [4.69, 9.17) is 5.14 Å². The number of nitro groups is 1. The van der Waals surface area contributed by atoms with Crippen LogP contribution in [0.2, 0.25) is 0 Å². The minimum Gasteiger partial charge on any atom is -0.366 e. The molecule has 160 valence electrons.